The Morgan fingerprint density at radius 2 is 1.14 bits per heavy atom. The molecule has 0 aliphatic heterocycles. The summed E-state index contributed by atoms with van der Waals surface area (Å²) < 4.78 is 20.7. The third kappa shape index (κ3) is 22.3. The first-order valence-corrected chi connectivity index (χ1v) is 8.74. The van der Waals surface area contributed by atoms with Gasteiger partial charge in [0.1, 0.15) is 0 Å². The molecule has 0 atom stereocenters. The monoisotopic (exact) mass is 320 g/mol. The Morgan fingerprint density at radius 3 is 1.33 bits per heavy atom. The topological polar surface area (TPSA) is 54.0 Å². The number of unbranched alkanes of at least 4 members (excludes halogenated alkanes) is 3. The van der Waals surface area contributed by atoms with Crippen LogP contribution in [-0.4, -0.2) is 40.6 Å². The van der Waals surface area contributed by atoms with Crippen LogP contribution in [0.25, 0.3) is 0 Å². The zero-order valence-corrected chi connectivity index (χ0v) is 14.8. The Balaban J connectivity index is 0. The van der Waals surface area contributed by atoms with E-state index in [4.69, 9.17) is 13.6 Å². The Bertz CT molecular complexity index is 196. The van der Waals surface area contributed by atoms with Crippen molar-refractivity contribution >= 4 is 22.3 Å². The lowest BCUT2D eigenvalue weighted by molar-refractivity contribution is 0.155. The summed E-state index contributed by atoms with van der Waals surface area (Å²) in [6.45, 7) is 8.71. The van der Waals surface area contributed by atoms with Gasteiger partial charge in [-0.2, -0.15) is 0 Å². The summed E-state index contributed by atoms with van der Waals surface area (Å²) in [5, 5.41) is 0. The Labute approximate surface area is 132 Å². The van der Waals surface area contributed by atoms with E-state index in [2.05, 4.69) is 33.4 Å². The number of carbonyl (C=O) groups excluding carboxylic acids is 1. The molecule has 0 spiro atoms. The fourth-order valence-electron chi connectivity index (χ4n) is 0.962. The van der Waals surface area contributed by atoms with Gasteiger partial charge in [0.25, 0.3) is 0 Å². The third-order valence-electron chi connectivity index (χ3n) is 2.28. The lowest BCUT2D eigenvalue weighted by atomic mass is 10.2. The van der Waals surface area contributed by atoms with Crippen molar-refractivity contribution in [2.75, 3.05) is 26.9 Å². The number of hydrogen-bond acceptors (Lipinski definition) is 5. The van der Waals surface area contributed by atoms with Crippen molar-refractivity contribution in [3.8, 4) is 0 Å². The lowest BCUT2D eigenvalue weighted by Crippen LogP contribution is -1.99. The second-order valence-electron chi connectivity index (χ2n) is 4.31. The second-order valence-corrected chi connectivity index (χ2v) is 5.53. The van der Waals surface area contributed by atoms with Gasteiger partial charge in [-0.3, -0.25) is 4.79 Å². The summed E-state index contributed by atoms with van der Waals surface area (Å²) in [4.78, 5) is 9.37. The van der Waals surface area contributed by atoms with E-state index in [1.807, 2.05) is 0 Å². The van der Waals surface area contributed by atoms with Crippen LogP contribution in [0.15, 0.2) is 0 Å². The van der Waals surface area contributed by atoms with Gasteiger partial charge in [-0.05, 0) is 19.3 Å². The molecule has 0 aliphatic carbocycles. The summed E-state index contributed by atoms with van der Waals surface area (Å²) in [5.41, 5.74) is 0. The highest BCUT2D eigenvalue weighted by Crippen LogP contribution is 2.40. The summed E-state index contributed by atoms with van der Waals surface area (Å²) in [6.07, 6.45) is 6.67. The van der Waals surface area contributed by atoms with Gasteiger partial charge in [-0.25, -0.2) is 0 Å². The van der Waals surface area contributed by atoms with Crippen LogP contribution in [0.3, 0.4) is 0 Å². The van der Waals surface area contributed by atoms with Gasteiger partial charge in [0.05, 0.1) is 26.9 Å². The largest absolute Gasteiger partial charge is 0.478 e. The molecular weight excluding hydrogens is 290 g/mol. The normalized spacial score (nSPS) is 10.1. The molecule has 7 heteroatoms. The summed E-state index contributed by atoms with van der Waals surface area (Å²) in [5.74, 6) is -0.745. The van der Waals surface area contributed by atoms with E-state index < -0.39 is 14.5 Å². The van der Waals surface area contributed by atoms with Crippen LogP contribution in [0.4, 0.5) is 4.79 Å². The predicted molar refractivity (Wildman–Crippen MR) is 87.7 cm³/mol. The van der Waals surface area contributed by atoms with Gasteiger partial charge >= 0.3 is 8.60 Å². The molecule has 0 aromatic heterocycles. The van der Waals surface area contributed by atoms with Gasteiger partial charge in [0, 0.05) is 0 Å². The molecule has 21 heavy (non-hydrogen) atoms. The first kappa shape index (κ1) is 23.1. The second kappa shape index (κ2) is 19.8. The van der Waals surface area contributed by atoms with Crippen LogP contribution in [0.2, 0.25) is 0 Å². The Kier molecular flexibility index (Phi) is 21.8. The Hall–Kier alpha value is -0.155. The quantitative estimate of drug-likeness (QED) is 0.299. The molecule has 0 heterocycles. The van der Waals surface area contributed by atoms with Crippen molar-refractivity contribution in [1.82, 2.24) is 0 Å². The van der Waals surface area contributed by atoms with Gasteiger partial charge in [0.2, 0.25) is 13.7 Å². The maximum Gasteiger partial charge on any atom is 0.332 e. The maximum atomic E-state index is 9.37. The lowest BCUT2D eigenvalue weighted by Gasteiger charge is -2.16. The van der Waals surface area contributed by atoms with E-state index in [0.29, 0.717) is 0 Å². The fourth-order valence-corrected chi connectivity index (χ4v) is 2.02. The molecule has 0 aliphatic rings. The fraction of sp³-hybridized carbons (Fsp3) is 0.929. The molecule has 0 saturated carbocycles. The summed E-state index contributed by atoms with van der Waals surface area (Å²) in [7, 11) is 4.56. The molecule has 0 rings (SSSR count). The van der Waals surface area contributed by atoms with Gasteiger partial charge in [0.15, 0.2) is 0 Å². The molecule has 0 bridgehead atoms. The highest BCUT2D eigenvalue weighted by molar-refractivity contribution is 7.41. The van der Waals surface area contributed by atoms with Crippen LogP contribution >= 0.6 is 8.60 Å². The molecule has 0 N–H and O–H groups in total. The molecule has 0 aromatic rings. The number of methoxy groups -OCH3 is 1. The third-order valence-corrected chi connectivity index (χ3v) is 3.47. The smallest absolute Gasteiger partial charge is 0.332 e. The molecule has 2 radical (unpaired) electrons. The first-order chi connectivity index (χ1) is 10.1. The zero-order chi connectivity index (χ0) is 16.3. The summed E-state index contributed by atoms with van der Waals surface area (Å²) in [6, 6.07) is 0. The Morgan fingerprint density at radius 1 is 0.857 bits per heavy atom. The minimum absolute atomic E-state index is 0.745. The van der Waals surface area contributed by atoms with Crippen LogP contribution in [0, 0.1) is 0 Å². The zero-order valence-electron chi connectivity index (χ0n) is 13.9. The van der Waals surface area contributed by atoms with Crippen molar-refractivity contribution in [2.24, 2.45) is 0 Å². The predicted octanol–water partition coefficient (Wildman–Crippen LogP) is 4.58. The molecule has 0 aromatic carbocycles. The van der Waals surface area contributed by atoms with Crippen molar-refractivity contribution < 1.29 is 23.1 Å². The van der Waals surface area contributed by atoms with Gasteiger partial charge in [-0.15, -0.1) is 0 Å². The van der Waals surface area contributed by atoms with E-state index in [1.165, 1.54) is 7.11 Å². The molecular formula is C14H30BO5P. The molecule has 124 valence electrons. The minimum atomic E-state index is -1.10. The molecule has 0 fully saturated rings. The highest BCUT2D eigenvalue weighted by Gasteiger charge is 2.11. The average molecular weight is 320 g/mol. The number of ether oxygens (including phenoxy) is 1. The van der Waals surface area contributed by atoms with Crippen molar-refractivity contribution in [3.63, 3.8) is 0 Å². The van der Waals surface area contributed by atoms with E-state index in [0.717, 1.165) is 58.3 Å². The van der Waals surface area contributed by atoms with Crippen LogP contribution in [-0.2, 0) is 18.3 Å². The van der Waals surface area contributed by atoms with Gasteiger partial charge in [-0.1, -0.05) is 40.0 Å². The molecule has 0 amide bonds. The minimum Gasteiger partial charge on any atom is -0.478 e. The van der Waals surface area contributed by atoms with Crippen LogP contribution < -0.4 is 0 Å². The van der Waals surface area contributed by atoms with Crippen LogP contribution in [0.5, 0.6) is 0 Å². The molecule has 0 unspecified atom stereocenters. The van der Waals surface area contributed by atoms with Crippen molar-refractivity contribution in [2.45, 2.75) is 59.3 Å². The van der Waals surface area contributed by atoms with Gasteiger partial charge < -0.3 is 18.3 Å². The number of carbonyl (C=O) groups is 1. The standard InChI is InChI=1S/C12H27O3P.C2H3BO2/c1-4-7-10-13-16(14-11-8-5-2)15-12-9-6-3;1-5-2(3)4/h4-12H2,1-3H3;1H3. The van der Waals surface area contributed by atoms with E-state index >= 15 is 0 Å². The average Bonchev–Trinajstić information content (AvgIpc) is 2.48. The van der Waals surface area contributed by atoms with E-state index in [1.54, 1.807) is 0 Å². The maximum absolute atomic E-state index is 9.37. The van der Waals surface area contributed by atoms with Crippen molar-refractivity contribution in [1.29, 1.82) is 0 Å². The summed E-state index contributed by atoms with van der Waals surface area (Å²) >= 11 is 0. The molecule has 5 nitrogen and oxygen atoms in total. The van der Waals surface area contributed by atoms with Crippen LogP contribution in [0.1, 0.15) is 59.3 Å². The first-order valence-electron chi connectivity index (χ1n) is 7.64. The van der Waals surface area contributed by atoms with Crippen molar-refractivity contribution in [3.05, 3.63) is 0 Å². The highest BCUT2D eigenvalue weighted by atomic mass is 31.2. The van der Waals surface area contributed by atoms with E-state index in [-0.39, 0.29) is 0 Å². The number of rotatable bonds is 12. The number of hydrogen-bond donors (Lipinski definition) is 0. The SMILES string of the molecule is CCCCOP(OCCCC)OCCCC.[B]C(=O)OC. The molecule has 0 saturated heterocycles. The van der Waals surface area contributed by atoms with E-state index in [9.17, 15) is 4.79 Å².